The van der Waals surface area contributed by atoms with E-state index >= 15 is 0 Å². The lowest BCUT2D eigenvalue weighted by atomic mass is 9.97. The maximum atomic E-state index is 13.0. The monoisotopic (exact) mass is 379 g/mol. The average molecular weight is 379 g/mol. The molecular formula is C24H17N3O2. The van der Waals surface area contributed by atoms with E-state index in [4.69, 9.17) is 4.74 Å². The van der Waals surface area contributed by atoms with Gasteiger partial charge in [-0.2, -0.15) is 0 Å². The van der Waals surface area contributed by atoms with E-state index < -0.39 is 0 Å². The van der Waals surface area contributed by atoms with Crippen molar-refractivity contribution < 1.29 is 9.53 Å². The number of benzene rings is 3. The van der Waals surface area contributed by atoms with Crippen LogP contribution in [0, 0.1) is 0 Å². The highest BCUT2D eigenvalue weighted by atomic mass is 16.5. The largest absolute Gasteiger partial charge is 0.348 e. The summed E-state index contributed by atoms with van der Waals surface area (Å²) in [6.45, 7) is 0.586. The molecule has 3 aromatic carbocycles. The number of para-hydroxylation sites is 2. The molecule has 2 aromatic heterocycles. The Kier molecular flexibility index (Phi) is 2.34. The number of rotatable bonds is 0. The predicted octanol–water partition coefficient (Wildman–Crippen LogP) is 4.97. The van der Waals surface area contributed by atoms with Gasteiger partial charge in [-0.3, -0.25) is 4.79 Å². The van der Waals surface area contributed by atoms with Crippen LogP contribution in [0.4, 0.5) is 0 Å². The standard InChI is InChI=1S/C24H17N3O2/c28-24-21-14(11-25-24)19-12-5-1-3-7-15(12)26-17-9-10-18(29-17)27-16-8-4-2-6-13(16)20(21)23(27)22(19)26/h1-8,17-18H,9-11H2,(H,25,28). The first-order valence-electron chi connectivity index (χ1n) is 10.3. The molecule has 8 rings (SSSR count). The Morgan fingerprint density at radius 3 is 2.10 bits per heavy atom. The molecule has 2 bridgehead atoms. The van der Waals surface area contributed by atoms with Crippen LogP contribution in [0.5, 0.6) is 0 Å². The van der Waals surface area contributed by atoms with Crippen molar-refractivity contribution in [2.24, 2.45) is 0 Å². The van der Waals surface area contributed by atoms with Crippen molar-refractivity contribution in [3.05, 3.63) is 59.7 Å². The van der Waals surface area contributed by atoms with Crippen LogP contribution < -0.4 is 5.32 Å². The van der Waals surface area contributed by atoms with Gasteiger partial charge in [0.15, 0.2) is 0 Å². The number of nitrogens with one attached hydrogen (secondary N) is 1. The second kappa shape index (κ2) is 4.63. The Bertz CT molecular complexity index is 1570. The number of fused-ring (bicyclic) bond motifs is 13. The highest BCUT2D eigenvalue weighted by Crippen LogP contribution is 2.52. The van der Waals surface area contributed by atoms with Gasteiger partial charge in [0, 0.05) is 28.1 Å². The number of nitrogens with zero attached hydrogens (tertiary/aromatic N) is 2. The fourth-order valence-electron chi connectivity index (χ4n) is 6.09. The van der Waals surface area contributed by atoms with E-state index in [0.29, 0.717) is 6.54 Å². The van der Waals surface area contributed by atoms with E-state index in [1.54, 1.807) is 0 Å². The van der Waals surface area contributed by atoms with Crippen molar-refractivity contribution in [2.45, 2.75) is 31.8 Å². The third-order valence-electron chi connectivity index (χ3n) is 7.10. The number of carbonyl (C=O) groups excluding carboxylic acids is 1. The van der Waals surface area contributed by atoms with E-state index in [1.807, 2.05) is 0 Å². The molecule has 2 unspecified atom stereocenters. The van der Waals surface area contributed by atoms with Crippen LogP contribution in [0.3, 0.4) is 0 Å². The molecule has 2 atom stereocenters. The summed E-state index contributed by atoms with van der Waals surface area (Å²) in [5.74, 6) is 0.0389. The van der Waals surface area contributed by atoms with Gasteiger partial charge in [0.1, 0.15) is 12.5 Å². The third-order valence-corrected chi connectivity index (χ3v) is 7.10. The molecule has 5 heteroatoms. The Morgan fingerprint density at radius 2 is 1.41 bits per heavy atom. The highest BCUT2D eigenvalue weighted by Gasteiger charge is 2.39. The molecule has 0 spiro atoms. The molecule has 0 radical (unpaired) electrons. The summed E-state index contributed by atoms with van der Waals surface area (Å²) in [4.78, 5) is 13.0. The number of aromatic nitrogens is 2. The number of ether oxygens (including phenoxy) is 1. The molecule has 140 valence electrons. The van der Waals surface area contributed by atoms with Crippen LogP contribution in [0.15, 0.2) is 48.5 Å². The molecule has 1 fully saturated rings. The molecule has 5 aromatic rings. The van der Waals surface area contributed by atoms with Crippen LogP contribution in [0.2, 0.25) is 0 Å². The summed E-state index contributed by atoms with van der Waals surface area (Å²) >= 11 is 0. The number of carbonyl (C=O) groups is 1. The number of hydrogen-bond acceptors (Lipinski definition) is 2. The van der Waals surface area contributed by atoms with Gasteiger partial charge in [-0.1, -0.05) is 36.4 Å². The molecule has 1 amide bonds. The molecule has 1 N–H and O–H groups in total. The SMILES string of the molecule is O=C1NCc2c1c1c3ccccc3n3c1c1c2c2ccccc2n1C1CCC3O1. The first kappa shape index (κ1) is 14.7. The molecule has 1 saturated heterocycles. The van der Waals surface area contributed by atoms with Gasteiger partial charge in [-0.25, -0.2) is 0 Å². The van der Waals surface area contributed by atoms with Gasteiger partial charge in [0.25, 0.3) is 5.91 Å². The second-order valence-electron chi connectivity index (χ2n) is 8.38. The highest BCUT2D eigenvalue weighted by molar-refractivity contribution is 6.30. The Balaban J connectivity index is 1.82. The number of amides is 1. The Labute approximate surface area is 165 Å². The normalized spacial score (nSPS) is 22.3. The van der Waals surface area contributed by atoms with E-state index in [-0.39, 0.29) is 18.4 Å². The molecule has 3 aliphatic rings. The van der Waals surface area contributed by atoms with Crippen molar-refractivity contribution in [3.8, 4) is 0 Å². The Hall–Kier alpha value is -3.31. The van der Waals surface area contributed by atoms with Crippen molar-refractivity contribution >= 4 is 49.5 Å². The van der Waals surface area contributed by atoms with Crippen LogP contribution in [0.25, 0.3) is 43.6 Å². The quantitative estimate of drug-likeness (QED) is 0.413. The third kappa shape index (κ3) is 1.48. The van der Waals surface area contributed by atoms with E-state index in [9.17, 15) is 4.79 Å². The van der Waals surface area contributed by atoms with Crippen molar-refractivity contribution in [2.75, 3.05) is 0 Å². The van der Waals surface area contributed by atoms with Crippen molar-refractivity contribution in [1.29, 1.82) is 0 Å². The zero-order valence-electron chi connectivity index (χ0n) is 15.6. The molecule has 0 aliphatic carbocycles. The second-order valence-corrected chi connectivity index (χ2v) is 8.38. The first-order chi connectivity index (χ1) is 14.3. The molecule has 0 saturated carbocycles. The maximum absolute atomic E-state index is 13.0. The van der Waals surface area contributed by atoms with Gasteiger partial charge < -0.3 is 19.2 Å². The van der Waals surface area contributed by atoms with Crippen LogP contribution >= 0.6 is 0 Å². The van der Waals surface area contributed by atoms with Gasteiger partial charge in [-0.05, 0) is 30.5 Å². The summed E-state index contributed by atoms with van der Waals surface area (Å²) in [7, 11) is 0. The van der Waals surface area contributed by atoms with Crippen molar-refractivity contribution in [1.82, 2.24) is 14.5 Å². The summed E-state index contributed by atoms with van der Waals surface area (Å²) in [6, 6.07) is 17.0. The van der Waals surface area contributed by atoms with Crippen LogP contribution in [-0.4, -0.2) is 15.0 Å². The topological polar surface area (TPSA) is 48.2 Å². The van der Waals surface area contributed by atoms with Gasteiger partial charge in [0.05, 0.1) is 27.6 Å². The van der Waals surface area contributed by atoms with Crippen LogP contribution in [0.1, 0.15) is 41.2 Å². The lowest BCUT2D eigenvalue weighted by Crippen LogP contribution is -2.12. The maximum Gasteiger partial charge on any atom is 0.252 e. The summed E-state index contributed by atoms with van der Waals surface area (Å²) in [5, 5.41) is 7.75. The zero-order valence-corrected chi connectivity index (χ0v) is 15.6. The summed E-state index contributed by atoms with van der Waals surface area (Å²) < 4.78 is 11.4. The van der Waals surface area contributed by atoms with Gasteiger partial charge in [0.2, 0.25) is 0 Å². The molecule has 5 heterocycles. The molecule has 3 aliphatic heterocycles. The van der Waals surface area contributed by atoms with E-state index in [1.165, 1.54) is 21.8 Å². The first-order valence-corrected chi connectivity index (χ1v) is 10.3. The predicted molar refractivity (Wildman–Crippen MR) is 112 cm³/mol. The van der Waals surface area contributed by atoms with Gasteiger partial charge in [-0.15, -0.1) is 0 Å². The summed E-state index contributed by atoms with van der Waals surface area (Å²) in [6.07, 6.45) is 2.02. The smallest absolute Gasteiger partial charge is 0.252 e. The molecule has 29 heavy (non-hydrogen) atoms. The average Bonchev–Trinajstić information content (AvgIpc) is 3.47. The fraction of sp³-hybridized carbons (Fsp3) is 0.208. The minimum Gasteiger partial charge on any atom is -0.348 e. The minimum atomic E-state index is 0.00627. The zero-order chi connectivity index (χ0) is 18.9. The number of hydrogen-bond donors (Lipinski definition) is 1. The fourth-order valence-corrected chi connectivity index (χ4v) is 6.09. The Morgan fingerprint density at radius 1 is 0.828 bits per heavy atom. The minimum absolute atomic E-state index is 0.00627. The lowest BCUT2D eigenvalue weighted by molar-refractivity contribution is -0.0229. The summed E-state index contributed by atoms with van der Waals surface area (Å²) in [5.41, 5.74) is 6.71. The van der Waals surface area contributed by atoms with Crippen LogP contribution in [-0.2, 0) is 11.3 Å². The van der Waals surface area contributed by atoms with E-state index in [2.05, 4.69) is 63.0 Å². The van der Waals surface area contributed by atoms with Crippen molar-refractivity contribution in [3.63, 3.8) is 0 Å². The van der Waals surface area contributed by atoms with E-state index in [0.717, 1.165) is 45.8 Å². The van der Waals surface area contributed by atoms with Gasteiger partial charge >= 0.3 is 0 Å². The molecular weight excluding hydrogens is 362 g/mol. The lowest BCUT2D eigenvalue weighted by Gasteiger charge is -2.15. The molecule has 5 nitrogen and oxygen atoms in total.